The van der Waals surface area contributed by atoms with Gasteiger partial charge in [-0.3, -0.25) is 4.79 Å². The number of amides is 2. The Labute approximate surface area is 110 Å². The predicted octanol–water partition coefficient (Wildman–Crippen LogP) is -1.68. The third-order valence-electron chi connectivity index (χ3n) is 3.41. The van der Waals surface area contributed by atoms with Crippen LogP contribution in [0, 0.1) is 0 Å². The molecule has 8 heteroatoms. The number of ether oxygens (including phenoxy) is 1. The maximum atomic E-state index is 12.3. The van der Waals surface area contributed by atoms with Gasteiger partial charge in [-0.15, -0.1) is 0 Å². The summed E-state index contributed by atoms with van der Waals surface area (Å²) in [6, 6.07) is -0.862. The summed E-state index contributed by atoms with van der Waals surface area (Å²) < 4.78 is 5.19. The van der Waals surface area contributed by atoms with Crippen molar-refractivity contribution in [1.29, 1.82) is 0 Å². The van der Waals surface area contributed by atoms with Crippen molar-refractivity contribution >= 4 is 12.0 Å². The van der Waals surface area contributed by atoms with Gasteiger partial charge in [0.05, 0.1) is 51.0 Å². The summed E-state index contributed by atoms with van der Waals surface area (Å²) in [6.07, 6.45) is -2.06. The highest BCUT2D eigenvalue weighted by Gasteiger charge is 2.38. The van der Waals surface area contributed by atoms with Crippen LogP contribution in [-0.2, 0) is 9.53 Å². The molecule has 2 heterocycles. The summed E-state index contributed by atoms with van der Waals surface area (Å²) in [6.45, 7) is 1.01. The van der Waals surface area contributed by atoms with Gasteiger partial charge in [0.2, 0.25) is 0 Å². The van der Waals surface area contributed by atoms with Gasteiger partial charge in [-0.1, -0.05) is 0 Å². The zero-order valence-corrected chi connectivity index (χ0v) is 10.4. The van der Waals surface area contributed by atoms with Gasteiger partial charge in [0.15, 0.2) is 0 Å². The molecule has 0 bridgehead atoms. The Bertz CT molecular complexity index is 353. The molecule has 19 heavy (non-hydrogen) atoms. The minimum Gasteiger partial charge on any atom is -0.481 e. The first-order valence-electron chi connectivity index (χ1n) is 6.20. The third-order valence-corrected chi connectivity index (χ3v) is 3.41. The number of carbonyl (C=O) groups excluding carboxylic acids is 1. The number of carbonyl (C=O) groups is 2. The van der Waals surface area contributed by atoms with E-state index in [1.54, 1.807) is 0 Å². The van der Waals surface area contributed by atoms with E-state index in [0.29, 0.717) is 13.2 Å². The topological polar surface area (TPSA) is 111 Å². The van der Waals surface area contributed by atoms with Crippen molar-refractivity contribution in [2.75, 3.05) is 32.8 Å². The molecule has 2 aliphatic rings. The number of aliphatic hydroxyl groups excluding tert-OH is 2. The first kappa shape index (κ1) is 14.0. The fourth-order valence-corrected chi connectivity index (χ4v) is 2.38. The van der Waals surface area contributed by atoms with Gasteiger partial charge in [0, 0.05) is 6.54 Å². The highest BCUT2D eigenvalue weighted by molar-refractivity contribution is 5.76. The SMILES string of the molecule is O=C(O)CC1COCCN1C(=O)N1CC(O)C(O)C1. The van der Waals surface area contributed by atoms with Gasteiger partial charge in [-0.25, -0.2) is 4.79 Å². The smallest absolute Gasteiger partial charge is 0.320 e. The Hall–Kier alpha value is -1.38. The monoisotopic (exact) mass is 274 g/mol. The Morgan fingerprint density at radius 1 is 1.21 bits per heavy atom. The van der Waals surface area contributed by atoms with Crippen molar-refractivity contribution in [3.63, 3.8) is 0 Å². The van der Waals surface area contributed by atoms with Crippen LogP contribution in [0.2, 0.25) is 0 Å². The molecular weight excluding hydrogens is 256 g/mol. The molecule has 0 aromatic rings. The normalized spacial score (nSPS) is 31.6. The number of hydrogen-bond donors (Lipinski definition) is 3. The molecule has 3 atom stereocenters. The fourth-order valence-electron chi connectivity index (χ4n) is 2.38. The molecule has 8 nitrogen and oxygen atoms in total. The molecule has 0 saturated carbocycles. The number of likely N-dealkylation sites (tertiary alicyclic amines) is 1. The van der Waals surface area contributed by atoms with Crippen molar-refractivity contribution < 1.29 is 29.6 Å². The van der Waals surface area contributed by atoms with Crippen LogP contribution in [-0.4, -0.2) is 88.2 Å². The summed E-state index contributed by atoms with van der Waals surface area (Å²) in [4.78, 5) is 25.8. The van der Waals surface area contributed by atoms with Crippen molar-refractivity contribution in [1.82, 2.24) is 9.80 Å². The van der Waals surface area contributed by atoms with E-state index < -0.39 is 24.2 Å². The first-order chi connectivity index (χ1) is 8.99. The van der Waals surface area contributed by atoms with Crippen molar-refractivity contribution in [3.05, 3.63) is 0 Å². The van der Waals surface area contributed by atoms with Crippen LogP contribution in [0.4, 0.5) is 4.79 Å². The van der Waals surface area contributed by atoms with Crippen molar-refractivity contribution in [2.45, 2.75) is 24.7 Å². The lowest BCUT2D eigenvalue weighted by atomic mass is 10.1. The molecule has 0 aliphatic carbocycles. The van der Waals surface area contributed by atoms with Gasteiger partial charge < -0.3 is 29.9 Å². The molecule has 3 unspecified atom stereocenters. The van der Waals surface area contributed by atoms with Crippen molar-refractivity contribution in [2.24, 2.45) is 0 Å². The van der Waals surface area contributed by atoms with E-state index in [9.17, 15) is 19.8 Å². The minimum atomic E-state index is -0.991. The molecule has 2 saturated heterocycles. The molecule has 0 aromatic carbocycles. The lowest BCUT2D eigenvalue weighted by Crippen LogP contribution is -2.54. The summed E-state index contributed by atoms with van der Waals surface area (Å²) in [5, 5.41) is 27.7. The first-order valence-corrected chi connectivity index (χ1v) is 6.20. The molecular formula is C11H18N2O6. The van der Waals surface area contributed by atoms with Crippen LogP contribution < -0.4 is 0 Å². The van der Waals surface area contributed by atoms with Gasteiger partial charge in [0.25, 0.3) is 0 Å². The molecule has 3 N–H and O–H groups in total. The van der Waals surface area contributed by atoms with Crippen LogP contribution >= 0.6 is 0 Å². The van der Waals surface area contributed by atoms with E-state index in [1.807, 2.05) is 0 Å². The average molecular weight is 274 g/mol. The van der Waals surface area contributed by atoms with Crippen LogP contribution in [0.3, 0.4) is 0 Å². The second kappa shape index (κ2) is 5.72. The number of urea groups is 1. The second-order valence-electron chi connectivity index (χ2n) is 4.84. The predicted molar refractivity (Wildman–Crippen MR) is 62.5 cm³/mol. The average Bonchev–Trinajstić information content (AvgIpc) is 2.69. The Balaban J connectivity index is 2.01. The highest BCUT2D eigenvalue weighted by atomic mass is 16.5. The second-order valence-corrected chi connectivity index (χ2v) is 4.84. The van der Waals surface area contributed by atoms with E-state index in [2.05, 4.69) is 0 Å². The van der Waals surface area contributed by atoms with Crippen LogP contribution in [0.25, 0.3) is 0 Å². The van der Waals surface area contributed by atoms with Crippen LogP contribution in [0.1, 0.15) is 6.42 Å². The molecule has 0 radical (unpaired) electrons. The molecule has 0 aromatic heterocycles. The summed E-state index contributed by atoms with van der Waals surface area (Å²) >= 11 is 0. The Morgan fingerprint density at radius 3 is 2.42 bits per heavy atom. The fraction of sp³-hybridized carbons (Fsp3) is 0.818. The summed E-state index contributed by atoms with van der Waals surface area (Å²) in [5.74, 6) is -0.991. The van der Waals surface area contributed by atoms with Gasteiger partial charge in [-0.05, 0) is 0 Å². The molecule has 2 amide bonds. The number of carboxylic acids is 1. The molecule has 2 fully saturated rings. The number of β-amino-alcohol motifs (C(OH)–C–C–N with tert-alkyl or cyclic N) is 2. The maximum absolute atomic E-state index is 12.3. The number of aliphatic hydroxyl groups is 2. The van der Waals surface area contributed by atoms with Crippen molar-refractivity contribution in [3.8, 4) is 0 Å². The van der Waals surface area contributed by atoms with Gasteiger partial charge >= 0.3 is 12.0 Å². The number of aliphatic carboxylic acids is 1. The zero-order chi connectivity index (χ0) is 14.0. The van der Waals surface area contributed by atoms with Gasteiger partial charge in [-0.2, -0.15) is 0 Å². The molecule has 2 rings (SSSR count). The number of hydrogen-bond acceptors (Lipinski definition) is 5. The summed E-state index contributed by atoms with van der Waals surface area (Å²) in [7, 11) is 0. The van der Waals surface area contributed by atoms with E-state index in [4.69, 9.17) is 9.84 Å². The molecule has 2 aliphatic heterocycles. The largest absolute Gasteiger partial charge is 0.481 e. The number of nitrogens with zero attached hydrogens (tertiary/aromatic N) is 2. The maximum Gasteiger partial charge on any atom is 0.320 e. The lowest BCUT2D eigenvalue weighted by molar-refractivity contribution is -0.139. The third kappa shape index (κ3) is 3.14. The standard InChI is InChI=1S/C11H18N2O6/c14-8-4-12(5-9(8)15)11(18)13-1-2-19-6-7(13)3-10(16)17/h7-9,14-15H,1-6H2,(H,16,17). The summed E-state index contributed by atoms with van der Waals surface area (Å²) in [5.41, 5.74) is 0. The van der Waals surface area contributed by atoms with Crippen LogP contribution in [0.15, 0.2) is 0 Å². The Kier molecular flexibility index (Phi) is 4.23. The number of carboxylic acid groups (broad SMARTS) is 1. The number of rotatable bonds is 2. The van der Waals surface area contributed by atoms with E-state index in [1.165, 1.54) is 9.80 Å². The quantitative estimate of drug-likeness (QED) is 0.554. The zero-order valence-electron chi connectivity index (χ0n) is 10.4. The van der Waals surface area contributed by atoms with E-state index in [0.717, 1.165) is 0 Å². The Morgan fingerprint density at radius 2 is 1.84 bits per heavy atom. The van der Waals surface area contributed by atoms with E-state index >= 15 is 0 Å². The minimum absolute atomic E-state index is 0.0666. The van der Waals surface area contributed by atoms with E-state index in [-0.39, 0.29) is 32.1 Å². The number of morpholine rings is 1. The molecule has 0 spiro atoms. The van der Waals surface area contributed by atoms with Gasteiger partial charge in [0.1, 0.15) is 0 Å². The molecule has 108 valence electrons. The lowest BCUT2D eigenvalue weighted by Gasteiger charge is -2.37. The van der Waals surface area contributed by atoms with Crippen LogP contribution in [0.5, 0.6) is 0 Å². The highest BCUT2D eigenvalue weighted by Crippen LogP contribution is 2.17.